The first-order valence-electron chi connectivity index (χ1n) is 7.68. The summed E-state index contributed by atoms with van der Waals surface area (Å²) in [5.74, 6) is 0.431. The minimum atomic E-state index is -0.380. The topological polar surface area (TPSA) is 91.2 Å². The smallest absolute Gasteiger partial charge is 0.243 e. The molecule has 0 radical (unpaired) electrons. The van der Waals surface area contributed by atoms with Gasteiger partial charge in [0, 0.05) is 10.6 Å². The summed E-state index contributed by atoms with van der Waals surface area (Å²) in [5.41, 5.74) is 1.85. The third-order valence-corrected chi connectivity index (χ3v) is 4.36. The molecule has 0 spiro atoms. The van der Waals surface area contributed by atoms with E-state index in [1.807, 2.05) is 6.92 Å². The number of phenolic OH excluding ortho intramolecular Hbond substituents is 1. The average molecular weight is 335 g/mol. The second-order valence-electron chi connectivity index (χ2n) is 5.89. The van der Waals surface area contributed by atoms with Gasteiger partial charge in [-0.15, -0.1) is 10.2 Å². The fraction of sp³-hybridized carbons (Fsp3) is 0.438. The van der Waals surface area contributed by atoms with Crippen molar-refractivity contribution in [3.63, 3.8) is 0 Å². The first-order valence-corrected chi connectivity index (χ1v) is 8.06. The molecule has 2 atom stereocenters. The fourth-order valence-corrected chi connectivity index (χ4v) is 3.23. The quantitative estimate of drug-likeness (QED) is 0.799. The van der Waals surface area contributed by atoms with Crippen LogP contribution >= 0.6 is 11.6 Å². The Morgan fingerprint density at radius 3 is 2.65 bits per heavy atom. The Kier molecular flexibility index (Phi) is 4.63. The predicted octanol–water partition coefficient (Wildman–Crippen LogP) is 2.92. The Hall–Kier alpha value is -1.92. The van der Waals surface area contributed by atoms with Crippen LogP contribution in [0.15, 0.2) is 18.3 Å². The van der Waals surface area contributed by atoms with Gasteiger partial charge in [0.2, 0.25) is 5.95 Å². The molecule has 1 fully saturated rings. The molecule has 6 nitrogen and oxygen atoms in total. The van der Waals surface area contributed by atoms with Crippen LogP contribution < -0.4 is 5.32 Å². The highest BCUT2D eigenvalue weighted by Gasteiger charge is 2.23. The van der Waals surface area contributed by atoms with Crippen LogP contribution in [0.4, 0.5) is 5.95 Å². The SMILES string of the molecule is Cc1cc(Cl)cc(O)c1-c1cnc(NC2CCCCC2O)nn1. The van der Waals surface area contributed by atoms with E-state index in [2.05, 4.69) is 20.5 Å². The molecule has 1 saturated carbocycles. The van der Waals surface area contributed by atoms with Gasteiger partial charge in [-0.25, -0.2) is 4.98 Å². The number of aryl methyl sites for hydroxylation is 1. The fourth-order valence-electron chi connectivity index (χ4n) is 2.96. The molecular formula is C16H19ClN4O2. The molecule has 0 amide bonds. The summed E-state index contributed by atoms with van der Waals surface area (Å²) in [5, 5.41) is 31.8. The summed E-state index contributed by atoms with van der Waals surface area (Å²) in [7, 11) is 0. The number of nitrogens with zero attached hydrogens (tertiary/aromatic N) is 3. The lowest BCUT2D eigenvalue weighted by Gasteiger charge is -2.28. The second-order valence-corrected chi connectivity index (χ2v) is 6.32. The standard InChI is InChI=1S/C16H19ClN4O2/c1-9-6-10(17)7-14(23)15(9)12-8-18-16(21-20-12)19-11-4-2-3-5-13(11)22/h6-8,11,13,22-23H,2-5H2,1H3,(H,18,19,21). The zero-order valence-electron chi connectivity index (χ0n) is 12.8. The van der Waals surface area contributed by atoms with Crippen molar-refractivity contribution in [1.29, 1.82) is 0 Å². The Bertz CT molecular complexity index is 670. The van der Waals surface area contributed by atoms with Crippen LogP contribution in [0.1, 0.15) is 31.2 Å². The monoisotopic (exact) mass is 334 g/mol. The number of aliphatic hydroxyl groups excluding tert-OH is 1. The molecule has 23 heavy (non-hydrogen) atoms. The minimum absolute atomic E-state index is 0.0397. The number of hydrogen-bond acceptors (Lipinski definition) is 6. The van der Waals surface area contributed by atoms with Crippen molar-refractivity contribution in [3.05, 3.63) is 28.9 Å². The Labute approximate surface area is 139 Å². The van der Waals surface area contributed by atoms with Crippen LogP contribution in [-0.2, 0) is 0 Å². The molecule has 1 heterocycles. The number of hydrogen-bond donors (Lipinski definition) is 3. The van der Waals surface area contributed by atoms with Crippen molar-refractivity contribution >= 4 is 17.5 Å². The van der Waals surface area contributed by atoms with Gasteiger partial charge >= 0.3 is 0 Å². The minimum Gasteiger partial charge on any atom is -0.507 e. The molecule has 0 aliphatic heterocycles. The highest BCUT2D eigenvalue weighted by atomic mass is 35.5. The van der Waals surface area contributed by atoms with Crippen LogP contribution in [-0.4, -0.2) is 37.5 Å². The number of aliphatic hydroxyl groups is 1. The normalized spacial score (nSPS) is 21.2. The lowest BCUT2D eigenvalue weighted by Crippen LogP contribution is -2.36. The molecule has 2 aromatic rings. The summed E-state index contributed by atoms with van der Waals surface area (Å²) in [6.07, 6.45) is 4.99. The third kappa shape index (κ3) is 3.54. The zero-order valence-corrected chi connectivity index (χ0v) is 13.6. The molecule has 1 aromatic carbocycles. The number of phenols is 1. The second kappa shape index (κ2) is 6.68. The zero-order chi connectivity index (χ0) is 16.4. The van der Waals surface area contributed by atoms with E-state index in [0.717, 1.165) is 31.2 Å². The van der Waals surface area contributed by atoms with Gasteiger partial charge < -0.3 is 15.5 Å². The maximum Gasteiger partial charge on any atom is 0.243 e. The molecule has 3 rings (SSSR count). The van der Waals surface area contributed by atoms with E-state index in [1.54, 1.807) is 12.3 Å². The summed E-state index contributed by atoms with van der Waals surface area (Å²) < 4.78 is 0. The maximum absolute atomic E-state index is 10.1. The Morgan fingerprint density at radius 2 is 2.00 bits per heavy atom. The number of aromatic hydroxyl groups is 1. The molecular weight excluding hydrogens is 316 g/mol. The highest BCUT2D eigenvalue weighted by molar-refractivity contribution is 6.31. The molecule has 7 heteroatoms. The van der Waals surface area contributed by atoms with E-state index in [0.29, 0.717) is 22.2 Å². The van der Waals surface area contributed by atoms with Crippen LogP contribution in [0.5, 0.6) is 5.75 Å². The summed E-state index contributed by atoms with van der Waals surface area (Å²) in [6, 6.07) is 3.18. The Morgan fingerprint density at radius 1 is 1.22 bits per heavy atom. The molecule has 1 aliphatic rings. The van der Waals surface area contributed by atoms with Gasteiger partial charge in [-0.1, -0.05) is 24.4 Å². The average Bonchev–Trinajstić information content (AvgIpc) is 2.50. The molecule has 0 bridgehead atoms. The lowest BCUT2D eigenvalue weighted by molar-refractivity contribution is 0.116. The van der Waals surface area contributed by atoms with Crippen molar-refractivity contribution in [2.75, 3.05) is 5.32 Å². The van der Waals surface area contributed by atoms with Crippen LogP contribution in [0, 0.1) is 6.92 Å². The molecule has 0 saturated heterocycles. The van der Waals surface area contributed by atoms with Gasteiger partial charge in [0.15, 0.2) is 0 Å². The molecule has 3 N–H and O–H groups in total. The van der Waals surface area contributed by atoms with Gasteiger partial charge in [-0.05, 0) is 37.5 Å². The van der Waals surface area contributed by atoms with Crippen LogP contribution in [0.3, 0.4) is 0 Å². The third-order valence-electron chi connectivity index (χ3n) is 4.14. The summed E-state index contributed by atoms with van der Waals surface area (Å²) in [6.45, 7) is 1.84. The molecule has 122 valence electrons. The Balaban J connectivity index is 1.80. The first-order chi connectivity index (χ1) is 11.0. The maximum atomic E-state index is 10.1. The van der Waals surface area contributed by atoms with Gasteiger partial charge in [0.05, 0.1) is 18.3 Å². The molecule has 1 aromatic heterocycles. The van der Waals surface area contributed by atoms with Crippen molar-refractivity contribution in [1.82, 2.24) is 15.2 Å². The van der Waals surface area contributed by atoms with E-state index in [-0.39, 0.29) is 17.9 Å². The number of rotatable bonds is 3. The van der Waals surface area contributed by atoms with Crippen LogP contribution in [0.25, 0.3) is 11.3 Å². The van der Waals surface area contributed by atoms with Gasteiger partial charge in [0.25, 0.3) is 0 Å². The van der Waals surface area contributed by atoms with E-state index in [1.165, 1.54) is 6.07 Å². The van der Waals surface area contributed by atoms with Crippen molar-refractivity contribution in [2.24, 2.45) is 0 Å². The summed E-state index contributed by atoms with van der Waals surface area (Å²) >= 11 is 5.91. The van der Waals surface area contributed by atoms with E-state index < -0.39 is 0 Å². The van der Waals surface area contributed by atoms with E-state index in [9.17, 15) is 10.2 Å². The number of benzene rings is 1. The van der Waals surface area contributed by atoms with Crippen molar-refractivity contribution in [3.8, 4) is 17.0 Å². The number of halogens is 1. The molecule has 1 aliphatic carbocycles. The van der Waals surface area contributed by atoms with E-state index in [4.69, 9.17) is 11.6 Å². The number of anilines is 1. The van der Waals surface area contributed by atoms with Gasteiger partial charge in [-0.2, -0.15) is 0 Å². The molecule has 2 unspecified atom stereocenters. The van der Waals surface area contributed by atoms with Crippen LogP contribution in [0.2, 0.25) is 5.02 Å². The highest BCUT2D eigenvalue weighted by Crippen LogP contribution is 2.33. The van der Waals surface area contributed by atoms with Gasteiger partial charge in [-0.3, -0.25) is 0 Å². The predicted molar refractivity (Wildman–Crippen MR) is 88.6 cm³/mol. The van der Waals surface area contributed by atoms with Crippen molar-refractivity contribution in [2.45, 2.75) is 44.8 Å². The first kappa shape index (κ1) is 16.0. The van der Waals surface area contributed by atoms with Crippen molar-refractivity contribution < 1.29 is 10.2 Å². The number of aromatic nitrogens is 3. The van der Waals surface area contributed by atoms with Gasteiger partial charge in [0.1, 0.15) is 11.4 Å². The largest absolute Gasteiger partial charge is 0.507 e. The summed E-state index contributed by atoms with van der Waals surface area (Å²) in [4.78, 5) is 4.25. The van der Waals surface area contributed by atoms with E-state index >= 15 is 0 Å². The number of nitrogens with one attached hydrogen (secondary N) is 1. The lowest BCUT2D eigenvalue weighted by atomic mass is 9.93.